The van der Waals surface area contributed by atoms with Crippen molar-refractivity contribution >= 4 is 23.2 Å². The summed E-state index contributed by atoms with van der Waals surface area (Å²) < 4.78 is 13.4. The number of rotatable bonds is 12. The predicted molar refractivity (Wildman–Crippen MR) is 139 cm³/mol. The van der Waals surface area contributed by atoms with Crippen LogP contribution < -0.4 is 0 Å². The number of thiophene rings is 1. The Morgan fingerprint density at radius 3 is 2.29 bits per heavy atom. The second-order valence-corrected chi connectivity index (χ2v) is 10.3. The molecule has 184 valence electrons. The van der Waals surface area contributed by atoms with Crippen LogP contribution >= 0.6 is 11.3 Å². The first-order valence-electron chi connectivity index (χ1n) is 12.5. The van der Waals surface area contributed by atoms with E-state index in [0.717, 1.165) is 36.1 Å². The van der Waals surface area contributed by atoms with E-state index in [4.69, 9.17) is 0 Å². The van der Waals surface area contributed by atoms with Crippen molar-refractivity contribution in [2.75, 3.05) is 6.54 Å². The molecular formula is C29H33FN2O2S. The molecular weight excluding hydrogens is 459 g/mol. The van der Waals surface area contributed by atoms with E-state index in [1.54, 1.807) is 33.3 Å². The number of unbranched alkanes of at least 4 members (excludes halogenated alkanes) is 2. The molecule has 0 N–H and O–H groups in total. The van der Waals surface area contributed by atoms with Gasteiger partial charge in [0.25, 0.3) is 5.91 Å². The fourth-order valence-electron chi connectivity index (χ4n) is 4.19. The van der Waals surface area contributed by atoms with Crippen molar-refractivity contribution in [3.05, 3.63) is 93.4 Å². The van der Waals surface area contributed by atoms with E-state index in [1.807, 2.05) is 41.8 Å². The van der Waals surface area contributed by atoms with Gasteiger partial charge in [-0.1, -0.05) is 50.1 Å². The summed E-state index contributed by atoms with van der Waals surface area (Å²) in [6.07, 6.45) is 6.42. The van der Waals surface area contributed by atoms with E-state index >= 15 is 0 Å². The molecule has 1 heterocycles. The molecule has 1 saturated carbocycles. The molecule has 0 bridgehead atoms. The highest BCUT2D eigenvalue weighted by molar-refractivity contribution is 7.09. The van der Waals surface area contributed by atoms with Gasteiger partial charge in [-0.3, -0.25) is 9.59 Å². The second-order valence-electron chi connectivity index (χ2n) is 9.27. The van der Waals surface area contributed by atoms with E-state index in [1.165, 1.54) is 30.5 Å². The van der Waals surface area contributed by atoms with E-state index in [-0.39, 0.29) is 30.2 Å². The Morgan fingerprint density at radius 1 is 0.943 bits per heavy atom. The zero-order valence-electron chi connectivity index (χ0n) is 20.3. The third-order valence-corrected chi connectivity index (χ3v) is 7.25. The molecule has 0 saturated heterocycles. The molecule has 0 spiro atoms. The van der Waals surface area contributed by atoms with Crippen LogP contribution in [0.3, 0.4) is 0 Å². The highest BCUT2D eigenvalue weighted by Gasteiger charge is 2.35. The van der Waals surface area contributed by atoms with Gasteiger partial charge in [0.15, 0.2) is 0 Å². The summed E-state index contributed by atoms with van der Waals surface area (Å²) in [5, 5.41) is 1.99. The number of halogens is 1. The smallest absolute Gasteiger partial charge is 0.254 e. The number of hydrogen-bond donors (Lipinski definition) is 0. The minimum atomic E-state index is -0.299. The monoisotopic (exact) mass is 492 g/mol. The molecule has 1 aliphatic rings. The first-order chi connectivity index (χ1) is 17.0. The van der Waals surface area contributed by atoms with Crippen LogP contribution in [0.5, 0.6) is 0 Å². The summed E-state index contributed by atoms with van der Waals surface area (Å²) in [5.74, 6) is -0.482. The lowest BCUT2D eigenvalue weighted by Gasteiger charge is -2.28. The van der Waals surface area contributed by atoms with Crippen LogP contribution in [0.15, 0.2) is 66.0 Å². The average molecular weight is 493 g/mol. The first-order valence-corrected chi connectivity index (χ1v) is 13.4. The maximum atomic E-state index is 13.5. The summed E-state index contributed by atoms with van der Waals surface area (Å²) in [4.78, 5) is 31.4. The van der Waals surface area contributed by atoms with Gasteiger partial charge in [-0.2, -0.15) is 0 Å². The van der Waals surface area contributed by atoms with Gasteiger partial charge in [-0.15, -0.1) is 11.3 Å². The molecule has 6 heteroatoms. The van der Waals surface area contributed by atoms with Crippen molar-refractivity contribution in [1.29, 1.82) is 0 Å². The molecule has 1 fully saturated rings. The third-order valence-electron chi connectivity index (χ3n) is 6.39. The highest BCUT2D eigenvalue weighted by atomic mass is 32.1. The molecule has 35 heavy (non-hydrogen) atoms. The number of aryl methyl sites for hydroxylation is 1. The maximum Gasteiger partial charge on any atom is 0.254 e. The molecule has 4 rings (SSSR count). The fourth-order valence-corrected chi connectivity index (χ4v) is 4.91. The van der Waals surface area contributed by atoms with Gasteiger partial charge in [-0.25, -0.2) is 4.39 Å². The summed E-state index contributed by atoms with van der Waals surface area (Å²) in [6.45, 7) is 3.08. The van der Waals surface area contributed by atoms with Gasteiger partial charge in [0.2, 0.25) is 5.91 Å². The summed E-state index contributed by atoms with van der Waals surface area (Å²) >= 11 is 1.60. The van der Waals surface area contributed by atoms with E-state index < -0.39 is 0 Å². The molecule has 3 aromatic rings. The molecule has 1 aromatic heterocycles. The topological polar surface area (TPSA) is 40.6 Å². The van der Waals surface area contributed by atoms with Crippen LogP contribution in [0.1, 0.15) is 65.4 Å². The summed E-state index contributed by atoms with van der Waals surface area (Å²) in [6, 6.07) is 18.2. The van der Waals surface area contributed by atoms with Crippen molar-refractivity contribution in [2.24, 2.45) is 0 Å². The van der Waals surface area contributed by atoms with Gasteiger partial charge in [0.1, 0.15) is 12.4 Å². The average Bonchev–Trinajstić information content (AvgIpc) is 3.58. The zero-order chi connectivity index (χ0) is 24.6. The molecule has 1 aliphatic carbocycles. The lowest BCUT2D eigenvalue weighted by Crippen LogP contribution is -2.43. The zero-order valence-corrected chi connectivity index (χ0v) is 21.1. The Bertz CT molecular complexity index is 1090. The van der Waals surface area contributed by atoms with Crippen LogP contribution in [0, 0.1) is 5.82 Å². The fraction of sp³-hybridized carbons (Fsp3) is 0.379. The van der Waals surface area contributed by atoms with E-state index in [0.29, 0.717) is 18.7 Å². The van der Waals surface area contributed by atoms with Gasteiger partial charge in [0, 0.05) is 23.0 Å². The third kappa shape index (κ3) is 7.25. The van der Waals surface area contributed by atoms with E-state index in [9.17, 15) is 14.0 Å². The Hall–Kier alpha value is -2.99. The Balaban J connectivity index is 1.46. The molecule has 2 aromatic carbocycles. The van der Waals surface area contributed by atoms with E-state index in [2.05, 4.69) is 6.92 Å². The second kappa shape index (κ2) is 12.1. The number of hydrogen-bond acceptors (Lipinski definition) is 3. The maximum absolute atomic E-state index is 13.5. The van der Waals surface area contributed by atoms with Gasteiger partial charge >= 0.3 is 0 Å². The number of amides is 2. The number of carbonyl (C=O) groups is 2. The molecule has 0 radical (unpaired) electrons. The lowest BCUT2D eigenvalue weighted by molar-refractivity contribution is -0.133. The normalized spacial score (nSPS) is 13.0. The predicted octanol–water partition coefficient (Wildman–Crippen LogP) is 6.45. The first kappa shape index (κ1) is 25.1. The number of nitrogens with zero attached hydrogens (tertiary/aromatic N) is 2. The van der Waals surface area contributed by atoms with Crippen LogP contribution in [0.25, 0.3) is 0 Å². The van der Waals surface area contributed by atoms with Crippen LogP contribution in [0.4, 0.5) is 4.39 Å². The van der Waals surface area contributed by atoms with Gasteiger partial charge < -0.3 is 9.80 Å². The van der Waals surface area contributed by atoms with Gasteiger partial charge in [-0.05, 0) is 72.5 Å². The minimum Gasteiger partial charge on any atom is -0.332 e. The van der Waals surface area contributed by atoms with Gasteiger partial charge in [0.05, 0.1) is 6.54 Å². The standard InChI is InChI=1S/C29H33FN2O2S/c1-2-3-4-6-22-8-12-24(13-9-22)29(34)32(26-16-17-26)21-28(33)31(20-27-7-5-18-35-27)19-23-10-14-25(30)15-11-23/h5,7-15,18,26H,2-4,6,16-17,19-21H2,1H3. The van der Waals surface area contributed by atoms with Crippen molar-refractivity contribution in [1.82, 2.24) is 9.80 Å². The molecule has 0 unspecified atom stereocenters. The SMILES string of the molecule is CCCCCc1ccc(C(=O)N(CC(=O)N(Cc2ccc(F)cc2)Cc2cccs2)C2CC2)cc1. The van der Waals surface area contributed by atoms with Crippen LogP contribution in [-0.2, 0) is 24.3 Å². The Labute approximate surface area is 211 Å². The van der Waals surface area contributed by atoms with Crippen LogP contribution in [0.2, 0.25) is 0 Å². The van der Waals surface area contributed by atoms with Crippen molar-refractivity contribution in [3.63, 3.8) is 0 Å². The molecule has 2 amide bonds. The summed E-state index contributed by atoms with van der Waals surface area (Å²) in [7, 11) is 0. The largest absolute Gasteiger partial charge is 0.332 e. The summed E-state index contributed by atoms with van der Waals surface area (Å²) in [5.41, 5.74) is 2.73. The molecule has 0 aliphatic heterocycles. The van der Waals surface area contributed by atoms with Crippen molar-refractivity contribution in [3.8, 4) is 0 Å². The lowest BCUT2D eigenvalue weighted by atomic mass is 10.0. The quantitative estimate of drug-likeness (QED) is 0.273. The number of carbonyl (C=O) groups excluding carboxylic acids is 2. The van der Waals surface area contributed by atoms with Crippen molar-refractivity contribution in [2.45, 2.75) is 64.6 Å². The van der Waals surface area contributed by atoms with Crippen molar-refractivity contribution < 1.29 is 14.0 Å². The highest BCUT2D eigenvalue weighted by Crippen LogP contribution is 2.29. The number of benzene rings is 2. The molecule has 0 atom stereocenters. The molecule has 4 nitrogen and oxygen atoms in total. The minimum absolute atomic E-state index is 0.0499. The Kier molecular flexibility index (Phi) is 8.69. The van der Waals surface area contributed by atoms with Crippen LogP contribution in [-0.4, -0.2) is 34.2 Å². The Morgan fingerprint density at radius 2 is 1.66 bits per heavy atom.